The van der Waals surface area contributed by atoms with Crippen molar-refractivity contribution in [3.8, 4) is 0 Å². The van der Waals surface area contributed by atoms with Gasteiger partial charge in [0.15, 0.2) is 0 Å². The Labute approximate surface area is 112 Å². The topological polar surface area (TPSA) is 85.3 Å². The smallest absolute Gasteiger partial charge is 0.238 e. The van der Waals surface area contributed by atoms with Gasteiger partial charge in [-0.2, -0.15) is 0 Å². The molecule has 6 heteroatoms. The van der Waals surface area contributed by atoms with E-state index in [1.165, 1.54) is 6.07 Å². The summed E-state index contributed by atoms with van der Waals surface area (Å²) in [5, 5.41) is 8.38. The van der Waals surface area contributed by atoms with Crippen molar-refractivity contribution in [1.29, 1.82) is 0 Å². The molecule has 1 unspecified atom stereocenters. The number of hydrogen-bond donors (Lipinski definition) is 2. The fourth-order valence-corrected chi connectivity index (χ4v) is 2.31. The van der Waals surface area contributed by atoms with E-state index in [0.29, 0.717) is 0 Å². The molecule has 0 aliphatic heterocycles. The molecule has 1 aromatic carbocycles. The van der Waals surface area contributed by atoms with Crippen molar-refractivity contribution >= 4 is 15.7 Å². The zero-order valence-corrected chi connectivity index (χ0v) is 11.6. The predicted octanol–water partition coefficient (Wildman–Crippen LogP) is 2.41. The van der Waals surface area contributed by atoms with Gasteiger partial charge in [-0.1, -0.05) is 6.07 Å². The lowest BCUT2D eigenvalue weighted by molar-refractivity contribution is 0.562. The summed E-state index contributed by atoms with van der Waals surface area (Å²) in [6, 6.07) is 6.63. The molecule has 0 fully saturated rings. The zero-order valence-electron chi connectivity index (χ0n) is 10.8. The first kappa shape index (κ1) is 13.6. The van der Waals surface area contributed by atoms with E-state index in [9.17, 15) is 8.42 Å². The van der Waals surface area contributed by atoms with Gasteiger partial charge in [-0.15, -0.1) is 0 Å². The maximum absolute atomic E-state index is 11.3. The van der Waals surface area contributed by atoms with E-state index in [-0.39, 0.29) is 10.9 Å². The van der Waals surface area contributed by atoms with Gasteiger partial charge in [-0.05, 0) is 37.6 Å². The summed E-state index contributed by atoms with van der Waals surface area (Å²) in [4.78, 5) is 0.0972. The Hall–Kier alpha value is -1.79. The fourth-order valence-electron chi connectivity index (χ4n) is 1.77. The minimum absolute atomic E-state index is 0.00757. The van der Waals surface area contributed by atoms with Crippen LogP contribution in [-0.4, -0.2) is 8.42 Å². The number of anilines is 1. The second-order valence-electron chi connectivity index (χ2n) is 4.44. The van der Waals surface area contributed by atoms with Gasteiger partial charge in [0.1, 0.15) is 0 Å². The monoisotopic (exact) mass is 280 g/mol. The first-order valence-electron chi connectivity index (χ1n) is 5.80. The maximum atomic E-state index is 11.3. The SMILES string of the molecule is Cc1ccc(S(N)(=O)=O)cc1NC(C)c1ccoc1. The number of rotatable bonds is 4. The molecule has 0 aliphatic carbocycles. The van der Waals surface area contributed by atoms with Crippen molar-refractivity contribution in [3.63, 3.8) is 0 Å². The Kier molecular flexibility index (Phi) is 3.64. The molecule has 3 N–H and O–H groups in total. The summed E-state index contributed by atoms with van der Waals surface area (Å²) in [6.07, 6.45) is 3.25. The highest BCUT2D eigenvalue weighted by molar-refractivity contribution is 7.89. The first-order chi connectivity index (χ1) is 8.88. The summed E-state index contributed by atoms with van der Waals surface area (Å²) in [5.74, 6) is 0. The zero-order chi connectivity index (χ0) is 14.0. The summed E-state index contributed by atoms with van der Waals surface area (Å²) < 4.78 is 27.7. The Morgan fingerprint density at radius 2 is 2.05 bits per heavy atom. The number of nitrogens with two attached hydrogens (primary N) is 1. The first-order valence-corrected chi connectivity index (χ1v) is 7.34. The van der Waals surface area contributed by atoms with E-state index in [0.717, 1.165) is 16.8 Å². The van der Waals surface area contributed by atoms with Crippen molar-refractivity contribution in [2.45, 2.75) is 24.8 Å². The van der Waals surface area contributed by atoms with Crippen LogP contribution in [0, 0.1) is 6.92 Å². The lowest BCUT2D eigenvalue weighted by atomic mass is 10.1. The third-order valence-electron chi connectivity index (χ3n) is 2.95. The van der Waals surface area contributed by atoms with E-state index < -0.39 is 10.0 Å². The van der Waals surface area contributed by atoms with E-state index >= 15 is 0 Å². The molecular formula is C13H16N2O3S. The minimum atomic E-state index is -3.69. The number of benzene rings is 1. The molecule has 1 heterocycles. The normalized spacial score (nSPS) is 13.2. The van der Waals surface area contributed by atoms with Crippen LogP contribution < -0.4 is 10.5 Å². The van der Waals surface area contributed by atoms with Crippen LogP contribution in [0.15, 0.2) is 46.1 Å². The van der Waals surface area contributed by atoms with Gasteiger partial charge in [0.2, 0.25) is 10.0 Å². The highest BCUT2D eigenvalue weighted by atomic mass is 32.2. The van der Waals surface area contributed by atoms with Crippen molar-refractivity contribution < 1.29 is 12.8 Å². The van der Waals surface area contributed by atoms with Gasteiger partial charge >= 0.3 is 0 Å². The van der Waals surface area contributed by atoms with Crippen LogP contribution in [0.4, 0.5) is 5.69 Å². The van der Waals surface area contributed by atoms with Crippen LogP contribution in [0.1, 0.15) is 24.1 Å². The molecule has 0 amide bonds. The lowest BCUT2D eigenvalue weighted by Gasteiger charge is -2.16. The van der Waals surface area contributed by atoms with Gasteiger partial charge < -0.3 is 9.73 Å². The second-order valence-corrected chi connectivity index (χ2v) is 6.01. The molecule has 0 spiro atoms. The molecule has 0 aliphatic rings. The van der Waals surface area contributed by atoms with E-state index in [1.54, 1.807) is 24.7 Å². The molecule has 1 aromatic heterocycles. The molecule has 19 heavy (non-hydrogen) atoms. The van der Waals surface area contributed by atoms with Crippen LogP contribution in [0.25, 0.3) is 0 Å². The maximum Gasteiger partial charge on any atom is 0.238 e. The third-order valence-corrected chi connectivity index (χ3v) is 3.86. The number of sulfonamides is 1. The Bertz CT molecular complexity index is 663. The molecule has 0 bridgehead atoms. The predicted molar refractivity (Wildman–Crippen MR) is 73.3 cm³/mol. The average molecular weight is 280 g/mol. The molecule has 2 aromatic rings. The molecule has 102 valence electrons. The second kappa shape index (κ2) is 5.07. The Morgan fingerprint density at radius 1 is 1.32 bits per heavy atom. The highest BCUT2D eigenvalue weighted by Crippen LogP contribution is 2.24. The molecule has 5 nitrogen and oxygen atoms in total. The minimum Gasteiger partial charge on any atom is -0.472 e. The number of aryl methyl sites for hydroxylation is 1. The number of furan rings is 1. The molecule has 0 saturated carbocycles. The Morgan fingerprint density at radius 3 is 2.63 bits per heavy atom. The van der Waals surface area contributed by atoms with Crippen LogP contribution in [0.2, 0.25) is 0 Å². The van der Waals surface area contributed by atoms with Gasteiger partial charge in [0.25, 0.3) is 0 Å². The van der Waals surface area contributed by atoms with Crippen LogP contribution >= 0.6 is 0 Å². The highest BCUT2D eigenvalue weighted by Gasteiger charge is 2.12. The van der Waals surface area contributed by atoms with Gasteiger partial charge in [-0.25, -0.2) is 13.6 Å². The molecule has 0 radical (unpaired) electrons. The largest absolute Gasteiger partial charge is 0.472 e. The quantitative estimate of drug-likeness (QED) is 0.900. The molecule has 2 rings (SSSR count). The van der Waals surface area contributed by atoms with Crippen LogP contribution in [0.5, 0.6) is 0 Å². The van der Waals surface area contributed by atoms with Crippen molar-refractivity contribution in [2.24, 2.45) is 5.14 Å². The van der Waals surface area contributed by atoms with Gasteiger partial charge in [0.05, 0.1) is 23.5 Å². The molecular weight excluding hydrogens is 264 g/mol. The molecule has 0 saturated heterocycles. The summed E-state index contributed by atoms with van der Waals surface area (Å²) in [7, 11) is -3.69. The van der Waals surface area contributed by atoms with E-state index in [1.807, 2.05) is 19.9 Å². The van der Waals surface area contributed by atoms with Crippen LogP contribution in [0.3, 0.4) is 0 Å². The van der Waals surface area contributed by atoms with Crippen LogP contribution in [-0.2, 0) is 10.0 Å². The fraction of sp³-hybridized carbons (Fsp3) is 0.231. The van der Waals surface area contributed by atoms with E-state index in [2.05, 4.69) is 5.32 Å². The van der Waals surface area contributed by atoms with E-state index in [4.69, 9.17) is 9.56 Å². The van der Waals surface area contributed by atoms with Gasteiger partial charge in [-0.3, -0.25) is 0 Å². The van der Waals surface area contributed by atoms with Crippen molar-refractivity contribution in [2.75, 3.05) is 5.32 Å². The number of primary sulfonamides is 1. The van der Waals surface area contributed by atoms with Crippen molar-refractivity contribution in [1.82, 2.24) is 0 Å². The molecule has 1 atom stereocenters. The Balaban J connectivity index is 2.30. The van der Waals surface area contributed by atoms with Crippen molar-refractivity contribution in [3.05, 3.63) is 47.9 Å². The third kappa shape index (κ3) is 3.15. The summed E-state index contributed by atoms with van der Waals surface area (Å²) in [5.41, 5.74) is 2.67. The summed E-state index contributed by atoms with van der Waals surface area (Å²) in [6.45, 7) is 3.87. The standard InChI is InChI=1S/C13H16N2O3S/c1-9-3-4-12(19(14,16)17)7-13(9)15-10(2)11-5-6-18-8-11/h3-8,10,15H,1-2H3,(H2,14,16,17). The van der Waals surface area contributed by atoms with Gasteiger partial charge in [0, 0.05) is 11.3 Å². The lowest BCUT2D eigenvalue weighted by Crippen LogP contribution is -2.13. The number of nitrogens with one attached hydrogen (secondary N) is 1. The number of hydrogen-bond acceptors (Lipinski definition) is 4. The average Bonchev–Trinajstić information content (AvgIpc) is 2.84. The summed E-state index contributed by atoms with van der Waals surface area (Å²) >= 11 is 0.